The van der Waals surface area contributed by atoms with Crippen LogP contribution >= 0.6 is 27.5 Å². The molecule has 0 saturated carbocycles. The Labute approximate surface area is 94.4 Å². The normalized spacial score (nSPS) is 9.29. The highest BCUT2D eigenvalue weighted by atomic mass is 79.9. The minimum absolute atomic E-state index is 0.0889. The number of hydrogen-bond donors (Lipinski definition) is 0. The highest BCUT2D eigenvalue weighted by Crippen LogP contribution is 2.29. The van der Waals surface area contributed by atoms with E-state index in [1.54, 1.807) is 6.07 Å². The fourth-order valence-electron chi connectivity index (χ4n) is 0.945. The van der Waals surface area contributed by atoms with Gasteiger partial charge in [0.15, 0.2) is 0 Å². The third-order valence-electron chi connectivity index (χ3n) is 1.60. The maximum Gasteiger partial charge on any atom is 0.340 e. The summed E-state index contributed by atoms with van der Waals surface area (Å²) in [6.45, 7) is 0. The van der Waals surface area contributed by atoms with Gasteiger partial charge in [0.05, 0.1) is 23.3 Å². The van der Waals surface area contributed by atoms with Crippen molar-refractivity contribution in [3.05, 3.63) is 32.8 Å². The van der Waals surface area contributed by atoms with E-state index in [9.17, 15) is 4.79 Å². The fourth-order valence-corrected chi connectivity index (χ4v) is 1.52. The molecule has 0 radical (unpaired) electrons. The van der Waals surface area contributed by atoms with Crippen LogP contribution in [0.15, 0.2) is 16.6 Å². The topological polar surface area (TPSA) is 50.1 Å². The standard InChI is InChI=1S/C9H5BrClNO2/c1-14-9(13)7-5(4-12)2-3-6(10)8(7)11/h2-3H,1H3. The summed E-state index contributed by atoms with van der Waals surface area (Å²) < 4.78 is 5.07. The van der Waals surface area contributed by atoms with E-state index in [1.807, 2.05) is 6.07 Å². The van der Waals surface area contributed by atoms with Crippen LogP contribution < -0.4 is 0 Å². The number of nitriles is 1. The van der Waals surface area contributed by atoms with Crippen molar-refractivity contribution in [3.8, 4) is 6.07 Å². The van der Waals surface area contributed by atoms with Crippen molar-refractivity contribution in [3.63, 3.8) is 0 Å². The Morgan fingerprint density at radius 3 is 2.79 bits per heavy atom. The number of halogens is 2. The minimum atomic E-state index is -0.618. The Balaban J connectivity index is 3.45. The fraction of sp³-hybridized carbons (Fsp3) is 0.111. The maximum absolute atomic E-state index is 11.3. The lowest BCUT2D eigenvalue weighted by Gasteiger charge is -2.05. The predicted octanol–water partition coefficient (Wildman–Crippen LogP) is 2.76. The number of carbonyl (C=O) groups is 1. The van der Waals surface area contributed by atoms with Crippen molar-refractivity contribution >= 4 is 33.5 Å². The summed E-state index contributed by atoms with van der Waals surface area (Å²) in [7, 11) is 1.24. The Bertz CT molecular complexity index is 426. The van der Waals surface area contributed by atoms with E-state index < -0.39 is 5.97 Å². The van der Waals surface area contributed by atoms with E-state index in [1.165, 1.54) is 13.2 Å². The molecule has 0 saturated heterocycles. The molecule has 0 aliphatic carbocycles. The Hall–Kier alpha value is -1.05. The molecule has 0 atom stereocenters. The van der Waals surface area contributed by atoms with Crippen LogP contribution in [0.2, 0.25) is 5.02 Å². The van der Waals surface area contributed by atoms with Crippen molar-refractivity contribution in [2.75, 3.05) is 7.11 Å². The molecule has 72 valence electrons. The van der Waals surface area contributed by atoms with Gasteiger partial charge in [0, 0.05) is 4.47 Å². The van der Waals surface area contributed by atoms with Crippen LogP contribution in [0.5, 0.6) is 0 Å². The zero-order valence-corrected chi connectivity index (χ0v) is 9.52. The van der Waals surface area contributed by atoms with Gasteiger partial charge >= 0.3 is 5.97 Å². The number of benzene rings is 1. The van der Waals surface area contributed by atoms with Gasteiger partial charge in [-0.1, -0.05) is 11.6 Å². The van der Waals surface area contributed by atoms with Crippen LogP contribution in [-0.4, -0.2) is 13.1 Å². The summed E-state index contributed by atoms with van der Waals surface area (Å²) in [5.41, 5.74) is 0.288. The van der Waals surface area contributed by atoms with Crippen molar-refractivity contribution in [1.29, 1.82) is 5.26 Å². The molecule has 0 aliphatic rings. The number of hydrogen-bond acceptors (Lipinski definition) is 3. The molecule has 0 heterocycles. The molecule has 0 N–H and O–H groups in total. The summed E-state index contributed by atoms with van der Waals surface area (Å²) in [6.07, 6.45) is 0. The summed E-state index contributed by atoms with van der Waals surface area (Å²) in [6, 6.07) is 4.98. The Morgan fingerprint density at radius 2 is 2.29 bits per heavy atom. The van der Waals surface area contributed by atoms with Crippen LogP contribution in [0.4, 0.5) is 0 Å². The summed E-state index contributed by atoms with van der Waals surface area (Å²) in [5, 5.41) is 8.94. The molecule has 14 heavy (non-hydrogen) atoms. The zero-order chi connectivity index (χ0) is 10.7. The van der Waals surface area contributed by atoms with Gasteiger partial charge in [-0.25, -0.2) is 4.79 Å². The average molecular weight is 275 g/mol. The first kappa shape index (κ1) is 11.0. The first-order chi connectivity index (χ1) is 6.61. The summed E-state index contributed by atoms with van der Waals surface area (Å²) in [5.74, 6) is -0.618. The molecule has 0 bridgehead atoms. The van der Waals surface area contributed by atoms with Gasteiger partial charge in [0.25, 0.3) is 0 Å². The molecule has 0 aromatic heterocycles. The zero-order valence-electron chi connectivity index (χ0n) is 7.17. The smallest absolute Gasteiger partial charge is 0.340 e. The van der Waals surface area contributed by atoms with E-state index >= 15 is 0 Å². The van der Waals surface area contributed by atoms with Gasteiger partial charge in [-0.3, -0.25) is 0 Å². The van der Waals surface area contributed by atoms with E-state index in [0.29, 0.717) is 4.47 Å². The van der Waals surface area contributed by atoms with E-state index in [2.05, 4.69) is 20.7 Å². The second-order valence-corrected chi connectivity index (χ2v) is 3.62. The van der Waals surface area contributed by atoms with Gasteiger partial charge < -0.3 is 4.74 Å². The monoisotopic (exact) mass is 273 g/mol. The molecule has 0 spiro atoms. The highest BCUT2D eigenvalue weighted by Gasteiger charge is 2.18. The molecule has 3 nitrogen and oxygen atoms in total. The second kappa shape index (κ2) is 4.45. The molecule has 0 unspecified atom stereocenters. The Morgan fingerprint density at radius 1 is 1.64 bits per heavy atom. The Kier molecular flexibility index (Phi) is 3.50. The number of methoxy groups -OCH3 is 1. The molecule has 0 amide bonds. The van der Waals surface area contributed by atoms with Crippen LogP contribution in [0.25, 0.3) is 0 Å². The first-order valence-corrected chi connectivity index (χ1v) is 4.75. The average Bonchev–Trinajstić information content (AvgIpc) is 2.20. The predicted molar refractivity (Wildman–Crippen MR) is 55.2 cm³/mol. The molecule has 1 aromatic carbocycles. The number of carbonyl (C=O) groups excluding carboxylic acids is 1. The number of nitrogens with zero attached hydrogens (tertiary/aromatic N) is 1. The molecule has 1 rings (SSSR count). The van der Waals surface area contributed by atoms with Crippen molar-refractivity contribution in [2.45, 2.75) is 0 Å². The quantitative estimate of drug-likeness (QED) is 0.740. The molecule has 0 fully saturated rings. The lowest BCUT2D eigenvalue weighted by molar-refractivity contribution is 0.0600. The molecule has 5 heteroatoms. The van der Waals surface area contributed by atoms with Gasteiger partial charge in [0.1, 0.15) is 6.07 Å². The highest BCUT2D eigenvalue weighted by molar-refractivity contribution is 9.10. The van der Waals surface area contributed by atoms with Gasteiger partial charge in [0.2, 0.25) is 0 Å². The van der Waals surface area contributed by atoms with E-state index in [-0.39, 0.29) is 16.1 Å². The van der Waals surface area contributed by atoms with Gasteiger partial charge in [-0.2, -0.15) is 5.26 Å². The van der Waals surface area contributed by atoms with Gasteiger partial charge in [-0.05, 0) is 28.1 Å². The van der Waals surface area contributed by atoms with Crippen LogP contribution in [-0.2, 0) is 4.74 Å². The third kappa shape index (κ3) is 1.89. The number of rotatable bonds is 1. The van der Waals surface area contributed by atoms with Crippen LogP contribution in [0.1, 0.15) is 15.9 Å². The molecule has 1 aromatic rings. The third-order valence-corrected chi connectivity index (χ3v) is 2.89. The van der Waals surface area contributed by atoms with Crippen molar-refractivity contribution in [1.82, 2.24) is 0 Å². The summed E-state index contributed by atoms with van der Waals surface area (Å²) >= 11 is 9.01. The molecule has 0 aliphatic heterocycles. The summed E-state index contributed by atoms with van der Waals surface area (Å²) in [4.78, 5) is 11.3. The number of esters is 1. The largest absolute Gasteiger partial charge is 0.465 e. The van der Waals surface area contributed by atoms with Crippen LogP contribution in [0.3, 0.4) is 0 Å². The maximum atomic E-state index is 11.3. The van der Waals surface area contributed by atoms with Crippen LogP contribution in [0, 0.1) is 11.3 Å². The lowest BCUT2D eigenvalue weighted by atomic mass is 10.1. The molecular weight excluding hydrogens is 269 g/mol. The van der Waals surface area contributed by atoms with Crippen molar-refractivity contribution < 1.29 is 9.53 Å². The SMILES string of the molecule is COC(=O)c1c(C#N)ccc(Br)c1Cl. The minimum Gasteiger partial charge on any atom is -0.465 e. The lowest BCUT2D eigenvalue weighted by Crippen LogP contribution is -2.05. The second-order valence-electron chi connectivity index (χ2n) is 2.39. The van der Waals surface area contributed by atoms with Crippen molar-refractivity contribution in [2.24, 2.45) is 0 Å². The van der Waals surface area contributed by atoms with Gasteiger partial charge in [-0.15, -0.1) is 0 Å². The van der Waals surface area contributed by atoms with E-state index in [4.69, 9.17) is 16.9 Å². The first-order valence-electron chi connectivity index (χ1n) is 3.58. The number of ether oxygens (including phenoxy) is 1. The molecular formula is C9H5BrClNO2. The van der Waals surface area contributed by atoms with E-state index in [0.717, 1.165) is 0 Å².